The molecule has 0 aliphatic carbocycles. The molecule has 1 aliphatic rings. The second-order valence-corrected chi connectivity index (χ2v) is 16.8. The van der Waals surface area contributed by atoms with Crippen molar-refractivity contribution in [2.45, 2.75) is 54.0 Å². The number of hydrogen-bond acceptors (Lipinski definition) is 5. The minimum atomic E-state index is -3.95. The van der Waals surface area contributed by atoms with Crippen molar-refractivity contribution in [3.05, 3.63) is 99.3 Å². The fourth-order valence-electron chi connectivity index (χ4n) is 5.84. The van der Waals surface area contributed by atoms with Crippen LogP contribution in [0.4, 0.5) is 8.78 Å². The van der Waals surface area contributed by atoms with Gasteiger partial charge in [0.05, 0.1) is 56.6 Å². The standard InChI is InChI=1S/C34H39Cl2F2N4O3S2/c1-34(2,22-9-14-28(35)31(16-22)45-6)32-19-39-33(41(32)24-12-10-23(37)11-13-24)46-21-27-29(36)17-26(18-30(27)38)47(43,44)40-15-7-8-25(20-40)42(3,4)5/h9-14,16-19,25H,7-8,15,20-21H2,1-6H3/q+1/t25-/m1/s1. The Balaban J connectivity index is 1.46. The van der Waals surface area contributed by atoms with Crippen molar-refractivity contribution in [3.8, 4) is 11.4 Å². The highest BCUT2D eigenvalue weighted by atomic mass is 35.5. The third-order valence-corrected chi connectivity index (χ3v) is 12.4. The van der Waals surface area contributed by atoms with Crippen molar-refractivity contribution in [1.29, 1.82) is 0 Å². The van der Waals surface area contributed by atoms with Gasteiger partial charge in [0, 0.05) is 40.4 Å². The third kappa shape index (κ3) is 7.35. The predicted octanol–water partition coefficient (Wildman–Crippen LogP) is 7.94. The lowest BCUT2D eigenvalue weighted by atomic mass is 9.81. The van der Waals surface area contributed by atoms with Crippen molar-refractivity contribution < 1.29 is 26.4 Å². The summed E-state index contributed by atoms with van der Waals surface area (Å²) in [7, 11) is 3.74. The number of quaternary nitrogens is 1. The number of halogens is 4. The molecule has 47 heavy (non-hydrogen) atoms. The van der Waals surface area contributed by atoms with E-state index < -0.39 is 21.3 Å². The minimum Gasteiger partial charge on any atom is -0.495 e. The molecule has 1 aromatic heterocycles. The minimum absolute atomic E-state index is 0.0185. The van der Waals surface area contributed by atoms with Gasteiger partial charge in [-0.2, -0.15) is 4.31 Å². The molecule has 3 aromatic carbocycles. The number of hydrogen-bond donors (Lipinski definition) is 0. The number of ether oxygens (including phenoxy) is 1. The first kappa shape index (κ1) is 35.6. The molecule has 0 unspecified atom stereocenters. The van der Waals surface area contributed by atoms with Crippen molar-refractivity contribution in [2.75, 3.05) is 41.3 Å². The van der Waals surface area contributed by atoms with Gasteiger partial charge in [0.25, 0.3) is 0 Å². The summed E-state index contributed by atoms with van der Waals surface area (Å²) in [6.45, 7) is 4.79. The molecule has 4 aromatic rings. The fourth-order valence-corrected chi connectivity index (χ4v) is 9.03. The molecular formula is C34H39Cl2F2N4O3S2+. The molecule has 252 valence electrons. The van der Waals surface area contributed by atoms with Gasteiger partial charge in [0.2, 0.25) is 10.0 Å². The van der Waals surface area contributed by atoms with Crippen LogP contribution in [0.25, 0.3) is 5.69 Å². The van der Waals surface area contributed by atoms with E-state index in [1.165, 1.54) is 34.3 Å². The summed E-state index contributed by atoms with van der Waals surface area (Å²) in [6, 6.07) is 14.1. The fraction of sp³-hybridized carbons (Fsp3) is 0.382. The molecule has 7 nitrogen and oxygen atoms in total. The number of thioether (sulfide) groups is 1. The number of rotatable bonds is 10. The molecule has 0 bridgehead atoms. The van der Waals surface area contributed by atoms with Gasteiger partial charge in [-0.05, 0) is 60.5 Å². The average molecular weight is 725 g/mol. The molecule has 0 N–H and O–H groups in total. The molecule has 1 atom stereocenters. The summed E-state index contributed by atoms with van der Waals surface area (Å²) in [5, 5.41) is 1.02. The zero-order chi connectivity index (χ0) is 34.3. The van der Waals surface area contributed by atoms with Gasteiger partial charge in [-0.1, -0.05) is 54.9 Å². The van der Waals surface area contributed by atoms with Crippen LogP contribution in [0.1, 0.15) is 43.5 Å². The van der Waals surface area contributed by atoms with Crippen LogP contribution in [-0.2, 0) is 21.2 Å². The Hall–Kier alpha value is -2.67. The Morgan fingerprint density at radius 3 is 2.38 bits per heavy atom. The van der Waals surface area contributed by atoms with Crippen LogP contribution in [0.5, 0.6) is 5.75 Å². The molecule has 0 spiro atoms. The molecule has 0 amide bonds. The van der Waals surface area contributed by atoms with Gasteiger partial charge >= 0.3 is 0 Å². The van der Waals surface area contributed by atoms with Crippen LogP contribution in [0, 0.1) is 11.6 Å². The van der Waals surface area contributed by atoms with E-state index in [4.69, 9.17) is 32.9 Å². The van der Waals surface area contributed by atoms with E-state index in [1.807, 2.05) is 51.7 Å². The van der Waals surface area contributed by atoms with Gasteiger partial charge in [-0.25, -0.2) is 22.2 Å². The highest BCUT2D eigenvalue weighted by Gasteiger charge is 2.37. The number of likely N-dealkylation sites (N-methyl/N-ethyl adjacent to an activating group) is 1. The van der Waals surface area contributed by atoms with E-state index >= 15 is 4.39 Å². The van der Waals surface area contributed by atoms with E-state index in [0.29, 0.717) is 39.2 Å². The maximum absolute atomic E-state index is 15.7. The first-order valence-electron chi connectivity index (χ1n) is 15.1. The Kier molecular flexibility index (Phi) is 10.4. The second kappa shape index (κ2) is 13.7. The molecule has 2 heterocycles. The van der Waals surface area contributed by atoms with Crippen molar-refractivity contribution in [1.82, 2.24) is 13.9 Å². The molecule has 5 rings (SSSR count). The maximum atomic E-state index is 15.7. The summed E-state index contributed by atoms with van der Waals surface area (Å²) in [6.07, 6.45) is 3.39. The van der Waals surface area contributed by atoms with Crippen LogP contribution in [0.3, 0.4) is 0 Å². The lowest BCUT2D eigenvalue weighted by molar-refractivity contribution is -0.896. The Morgan fingerprint density at radius 1 is 1.04 bits per heavy atom. The van der Waals surface area contributed by atoms with Crippen LogP contribution in [0.2, 0.25) is 10.0 Å². The maximum Gasteiger partial charge on any atom is 0.243 e. The first-order valence-corrected chi connectivity index (χ1v) is 18.3. The largest absolute Gasteiger partial charge is 0.495 e. The summed E-state index contributed by atoms with van der Waals surface area (Å²) in [5.74, 6) is -0.487. The summed E-state index contributed by atoms with van der Waals surface area (Å²) in [5.41, 5.74) is 1.91. The number of methoxy groups -OCH3 is 1. The number of nitrogens with zero attached hydrogens (tertiary/aromatic N) is 4. The van der Waals surface area contributed by atoms with E-state index in [9.17, 15) is 12.8 Å². The molecule has 1 saturated heterocycles. The van der Waals surface area contributed by atoms with Crippen molar-refractivity contribution >= 4 is 45.0 Å². The topological polar surface area (TPSA) is 64.4 Å². The second-order valence-electron chi connectivity index (χ2n) is 13.1. The summed E-state index contributed by atoms with van der Waals surface area (Å²) < 4.78 is 66.2. The average Bonchev–Trinajstić information content (AvgIpc) is 3.45. The normalized spacial score (nSPS) is 16.4. The lowest BCUT2D eigenvalue weighted by Crippen LogP contribution is -2.55. The molecule has 0 radical (unpaired) electrons. The molecular weight excluding hydrogens is 685 g/mol. The number of piperidine rings is 1. The van der Waals surface area contributed by atoms with Crippen molar-refractivity contribution in [3.63, 3.8) is 0 Å². The Morgan fingerprint density at radius 2 is 1.74 bits per heavy atom. The smallest absolute Gasteiger partial charge is 0.243 e. The predicted molar refractivity (Wildman–Crippen MR) is 184 cm³/mol. The molecule has 13 heteroatoms. The van der Waals surface area contributed by atoms with Crippen molar-refractivity contribution in [2.24, 2.45) is 0 Å². The van der Waals surface area contributed by atoms with Gasteiger partial charge in [-0.3, -0.25) is 4.57 Å². The van der Waals surface area contributed by atoms with Gasteiger partial charge in [-0.15, -0.1) is 0 Å². The highest BCUT2D eigenvalue weighted by molar-refractivity contribution is 7.98. The quantitative estimate of drug-likeness (QED) is 0.123. The number of benzene rings is 3. The third-order valence-electron chi connectivity index (χ3n) is 8.88. The summed E-state index contributed by atoms with van der Waals surface area (Å²) in [4.78, 5) is 4.53. The number of aromatic nitrogens is 2. The van der Waals surface area contributed by atoms with Gasteiger partial charge in [0.1, 0.15) is 23.4 Å². The zero-order valence-electron chi connectivity index (χ0n) is 27.2. The van der Waals surface area contributed by atoms with Gasteiger partial charge < -0.3 is 9.22 Å². The van der Waals surface area contributed by atoms with Crippen LogP contribution < -0.4 is 4.74 Å². The molecule has 1 fully saturated rings. The summed E-state index contributed by atoms with van der Waals surface area (Å²) >= 11 is 14.1. The number of sulfonamides is 1. The van der Waals surface area contributed by atoms with Crippen LogP contribution >= 0.6 is 35.0 Å². The first-order chi connectivity index (χ1) is 22.0. The van der Waals surface area contributed by atoms with E-state index in [2.05, 4.69) is 0 Å². The monoisotopic (exact) mass is 723 g/mol. The Bertz CT molecular complexity index is 1850. The van der Waals surface area contributed by atoms with E-state index in [1.54, 1.807) is 31.5 Å². The molecule has 0 saturated carbocycles. The number of imidazole rings is 1. The van der Waals surface area contributed by atoms with E-state index in [-0.39, 0.29) is 33.1 Å². The SMILES string of the molecule is COc1cc(C(C)(C)c2cnc(SCc3c(F)cc(S(=O)(=O)N4CCC[C@@H]([N+](C)(C)C)C4)cc3Cl)n2-c2ccc(F)cc2)ccc1Cl. The Labute approximate surface area is 290 Å². The van der Waals surface area contributed by atoms with Crippen LogP contribution in [0.15, 0.2) is 70.8 Å². The zero-order valence-corrected chi connectivity index (χ0v) is 30.4. The van der Waals surface area contributed by atoms with E-state index in [0.717, 1.165) is 30.2 Å². The lowest BCUT2D eigenvalue weighted by Gasteiger charge is -2.40. The van der Waals surface area contributed by atoms with Crippen LogP contribution in [-0.4, -0.2) is 74.1 Å². The molecule has 1 aliphatic heterocycles. The highest BCUT2D eigenvalue weighted by Crippen LogP contribution is 2.40. The van der Waals surface area contributed by atoms with Gasteiger partial charge in [0.15, 0.2) is 5.16 Å².